The molecule has 0 spiro atoms. The van der Waals surface area contributed by atoms with Gasteiger partial charge in [-0.3, -0.25) is 9.59 Å². The van der Waals surface area contributed by atoms with E-state index in [2.05, 4.69) is 5.32 Å². The third kappa shape index (κ3) is 5.99. The highest BCUT2D eigenvalue weighted by Gasteiger charge is 2.41. The van der Waals surface area contributed by atoms with Crippen LogP contribution in [-0.2, 0) is 16.0 Å². The summed E-state index contributed by atoms with van der Waals surface area (Å²) in [6, 6.07) is 13.5. The second kappa shape index (κ2) is 9.65. The number of para-hydroxylation sites is 1. The zero-order valence-corrected chi connectivity index (χ0v) is 18.1. The fourth-order valence-electron chi connectivity index (χ4n) is 3.41. The zero-order valence-electron chi connectivity index (χ0n) is 18.1. The minimum absolute atomic E-state index is 0.131. The number of esters is 1. The molecular formula is C24H31NO5. The number of nitrogens with one attached hydrogen (secondary N) is 1. The van der Waals surface area contributed by atoms with E-state index in [0.717, 1.165) is 5.56 Å². The van der Waals surface area contributed by atoms with Gasteiger partial charge in [0.1, 0.15) is 5.75 Å². The lowest BCUT2D eigenvalue weighted by atomic mass is 9.71. The second-order valence-corrected chi connectivity index (χ2v) is 8.51. The van der Waals surface area contributed by atoms with E-state index < -0.39 is 10.8 Å². The van der Waals surface area contributed by atoms with Crippen molar-refractivity contribution >= 4 is 11.9 Å². The fourth-order valence-corrected chi connectivity index (χ4v) is 3.41. The van der Waals surface area contributed by atoms with Gasteiger partial charge in [-0.25, -0.2) is 0 Å². The third-order valence-electron chi connectivity index (χ3n) is 5.41. The molecule has 2 aromatic rings. The van der Waals surface area contributed by atoms with Crippen molar-refractivity contribution in [1.82, 2.24) is 5.32 Å². The Morgan fingerprint density at radius 3 is 2.27 bits per heavy atom. The number of hydrogen-bond donors (Lipinski definition) is 3. The molecule has 0 saturated heterocycles. The van der Waals surface area contributed by atoms with Gasteiger partial charge in [-0.1, -0.05) is 38.1 Å². The summed E-state index contributed by atoms with van der Waals surface area (Å²) in [5.41, 5.74) is -0.785. The maximum atomic E-state index is 12.9. The van der Waals surface area contributed by atoms with E-state index in [4.69, 9.17) is 4.74 Å². The summed E-state index contributed by atoms with van der Waals surface area (Å²) in [7, 11) is 0. The molecule has 1 unspecified atom stereocenters. The Bertz CT molecular complexity index is 878. The Hall–Kier alpha value is -3.02. The van der Waals surface area contributed by atoms with Crippen LogP contribution in [0.2, 0.25) is 0 Å². The molecule has 1 amide bonds. The van der Waals surface area contributed by atoms with Gasteiger partial charge in [0.05, 0.1) is 5.41 Å². The van der Waals surface area contributed by atoms with Gasteiger partial charge in [-0.2, -0.15) is 0 Å². The molecular weight excluding hydrogens is 382 g/mol. The predicted octanol–water partition coefficient (Wildman–Crippen LogP) is 4.19. The third-order valence-corrected chi connectivity index (χ3v) is 5.41. The van der Waals surface area contributed by atoms with Gasteiger partial charge in [-0.05, 0) is 62.9 Å². The summed E-state index contributed by atoms with van der Waals surface area (Å²) in [4.78, 5) is 25.6. The molecule has 2 rings (SSSR count). The van der Waals surface area contributed by atoms with Crippen LogP contribution in [-0.4, -0.2) is 28.6 Å². The van der Waals surface area contributed by atoms with Crippen molar-refractivity contribution in [3.05, 3.63) is 54.1 Å². The molecule has 0 aliphatic carbocycles. The normalized spacial score (nSPS) is 13.3. The minimum atomic E-state index is -0.847. The second-order valence-electron chi connectivity index (χ2n) is 8.51. The monoisotopic (exact) mass is 413 g/mol. The molecule has 0 heterocycles. The Morgan fingerprint density at radius 1 is 1.00 bits per heavy atom. The van der Waals surface area contributed by atoms with Crippen LogP contribution >= 0.6 is 0 Å². The summed E-state index contributed by atoms with van der Waals surface area (Å²) in [6.07, 6.45) is 1.42. The Morgan fingerprint density at radius 2 is 1.67 bits per heavy atom. The quantitative estimate of drug-likeness (QED) is 0.325. The van der Waals surface area contributed by atoms with Crippen LogP contribution in [0, 0.1) is 10.8 Å². The number of hydrogen-bond acceptors (Lipinski definition) is 5. The lowest BCUT2D eigenvalue weighted by Crippen LogP contribution is -2.44. The molecule has 162 valence electrons. The van der Waals surface area contributed by atoms with Crippen molar-refractivity contribution in [3.8, 4) is 17.2 Å². The average Bonchev–Trinajstić information content (AvgIpc) is 2.70. The summed E-state index contributed by atoms with van der Waals surface area (Å²) in [5, 5.41) is 21.9. The van der Waals surface area contributed by atoms with Gasteiger partial charge < -0.3 is 20.3 Å². The molecule has 3 N–H and O–H groups in total. The smallest absolute Gasteiger partial charge is 0.316 e. The van der Waals surface area contributed by atoms with Crippen molar-refractivity contribution in [1.29, 1.82) is 0 Å². The number of carbonyl (C=O) groups is 2. The molecule has 0 aliphatic rings. The van der Waals surface area contributed by atoms with Gasteiger partial charge >= 0.3 is 5.97 Å². The molecule has 1 atom stereocenters. The molecule has 30 heavy (non-hydrogen) atoms. The van der Waals surface area contributed by atoms with Gasteiger partial charge in [0.2, 0.25) is 5.91 Å². The van der Waals surface area contributed by atoms with E-state index in [9.17, 15) is 19.8 Å². The highest BCUT2D eigenvalue weighted by Crippen LogP contribution is 2.38. The Kier molecular flexibility index (Phi) is 7.48. The molecule has 6 heteroatoms. The summed E-state index contributed by atoms with van der Waals surface area (Å²) in [5.74, 6) is -0.383. The van der Waals surface area contributed by atoms with Crippen LogP contribution in [0.3, 0.4) is 0 Å². The molecule has 0 fully saturated rings. The van der Waals surface area contributed by atoms with Crippen LogP contribution in [0.1, 0.15) is 46.1 Å². The molecule has 0 aromatic heterocycles. The molecule has 0 saturated carbocycles. The number of aromatic hydroxyl groups is 2. The van der Waals surface area contributed by atoms with Gasteiger partial charge in [0, 0.05) is 12.0 Å². The summed E-state index contributed by atoms with van der Waals surface area (Å²) in [6.45, 7) is 7.74. The van der Waals surface area contributed by atoms with Crippen molar-refractivity contribution in [2.24, 2.45) is 10.8 Å². The van der Waals surface area contributed by atoms with Crippen LogP contribution in [0.4, 0.5) is 0 Å². The number of carbonyl (C=O) groups excluding carboxylic acids is 2. The average molecular weight is 414 g/mol. The number of rotatable bonds is 9. The molecule has 0 aliphatic heterocycles. The number of benzene rings is 2. The summed E-state index contributed by atoms with van der Waals surface area (Å²) >= 11 is 0. The van der Waals surface area contributed by atoms with Crippen LogP contribution in [0.15, 0.2) is 48.5 Å². The first-order valence-electron chi connectivity index (χ1n) is 10.1. The summed E-state index contributed by atoms with van der Waals surface area (Å²) < 4.78 is 5.49. The standard InChI is InChI=1S/C24H31NO5/c1-5-24(4,16-23(2,3)22(29)30-18-9-7-6-8-10-18)21(28)25-14-13-17-11-12-19(26)20(27)15-17/h6-12,15,26-27H,5,13-14,16H2,1-4H3,(H,25,28). The van der Waals surface area contributed by atoms with Gasteiger partial charge in [0.15, 0.2) is 11.5 Å². The molecule has 0 radical (unpaired) electrons. The minimum Gasteiger partial charge on any atom is -0.504 e. The van der Waals surface area contributed by atoms with E-state index in [-0.39, 0.29) is 23.4 Å². The van der Waals surface area contributed by atoms with Crippen LogP contribution in [0.25, 0.3) is 0 Å². The number of phenols is 2. The fraction of sp³-hybridized carbons (Fsp3) is 0.417. The van der Waals surface area contributed by atoms with E-state index in [1.54, 1.807) is 44.2 Å². The highest BCUT2D eigenvalue weighted by atomic mass is 16.5. The molecule has 0 bridgehead atoms. The maximum Gasteiger partial charge on any atom is 0.316 e. The lowest BCUT2D eigenvalue weighted by molar-refractivity contribution is -0.147. The van der Waals surface area contributed by atoms with E-state index in [0.29, 0.717) is 31.6 Å². The maximum absolute atomic E-state index is 12.9. The largest absolute Gasteiger partial charge is 0.504 e. The highest BCUT2D eigenvalue weighted by molar-refractivity contribution is 5.84. The van der Waals surface area contributed by atoms with Crippen molar-refractivity contribution in [2.45, 2.75) is 47.0 Å². The topological polar surface area (TPSA) is 95.9 Å². The first-order valence-corrected chi connectivity index (χ1v) is 10.1. The van der Waals surface area contributed by atoms with Crippen LogP contribution in [0.5, 0.6) is 17.2 Å². The van der Waals surface area contributed by atoms with Gasteiger partial charge in [0.25, 0.3) is 0 Å². The zero-order chi connectivity index (χ0) is 22.4. The predicted molar refractivity (Wildman–Crippen MR) is 115 cm³/mol. The van der Waals surface area contributed by atoms with E-state index >= 15 is 0 Å². The van der Waals surface area contributed by atoms with E-state index in [1.165, 1.54) is 12.1 Å². The molecule has 6 nitrogen and oxygen atoms in total. The number of ether oxygens (including phenoxy) is 1. The Balaban J connectivity index is 1.97. The first-order chi connectivity index (χ1) is 14.1. The molecule has 2 aromatic carbocycles. The van der Waals surface area contributed by atoms with Crippen molar-refractivity contribution < 1.29 is 24.5 Å². The van der Waals surface area contributed by atoms with E-state index in [1.807, 2.05) is 19.9 Å². The van der Waals surface area contributed by atoms with Crippen molar-refractivity contribution in [3.63, 3.8) is 0 Å². The van der Waals surface area contributed by atoms with Gasteiger partial charge in [-0.15, -0.1) is 0 Å². The first kappa shape index (κ1) is 23.3. The number of amides is 1. The SMILES string of the molecule is CCC(C)(CC(C)(C)C(=O)Oc1ccccc1)C(=O)NCCc1ccc(O)c(O)c1. The number of phenolic OH excluding ortho intramolecular Hbond substituents is 2. The van der Waals surface area contributed by atoms with Crippen molar-refractivity contribution in [2.75, 3.05) is 6.54 Å². The Labute approximate surface area is 177 Å². The van der Waals surface area contributed by atoms with Crippen LogP contribution < -0.4 is 10.1 Å². The lowest BCUT2D eigenvalue weighted by Gasteiger charge is -2.34.